The Morgan fingerprint density at radius 1 is 0.696 bits per heavy atom. The maximum Gasteiger partial charge on any atom is 0.161 e. The minimum absolute atomic E-state index is 0.446. The Kier molecular flexibility index (Phi) is 3.52. The van der Waals surface area contributed by atoms with Gasteiger partial charge in [0.15, 0.2) is 5.82 Å². The maximum absolute atomic E-state index is 6.25. The predicted molar refractivity (Wildman–Crippen MR) is 95.4 cm³/mol. The summed E-state index contributed by atoms with van der Waals surface area (Å²) in [6, 6.07) is 26.2. The number of benzene rings is 3. The first-order valence-electron chi connectivity index (χ1n) is 7.39. The minimum Gasteiger partial charge on any atom is -0.228 e. The van der Waals surface area contributed by atoms with E-state index in [1.165, 1.54) is 5.39 Å². The van der Waals surface area contributed by atoms with Crippen LogP contribution in [0.4, 0.5) is 0 Å². The normalized spacial score (nSPS) is 10.8. The molecule has 0 spiro atoms. The highest BCUT2D eigenvalue weighted by atomic mass is 35.5. The highest BCUT2D eigenvalue weighted by molar-refractivity contribution is 6.29. The van der Waals surface area contributed by atoms with Crippen LogP contribution in [0.3, 0.4) is 0 Å². The third-order valence-electron chi connectivity index (χ3n) is 3.79. The van der Waals surface area contributed by atoms with Crippen LogP contribution in [0.25, 0.3) is 33.4 Å². The van der Waals surface area contributed by atoms with Crippen LogP contribution in [0.15, 0.2) is 78.9 Å². The van der Waals surface area contributed by atoms with Crippen LogP contribution in [0.5, 0.6) is 0 Å². The van der Waals surface area contributed by atoms with Gasteiger partial charge in [-0.15, -0.1) is 0 Å². The van der Waals surface area contributed by atoms with E-state index in [-0.39, 0.29) is 0 Å². The van der Waals surface area contributed by atoms with E-state index in [4.69, 9.17) is 16.6 Å². The van der Waals surface area contributed by atoms with Gasteiger partial charge in [0.2, 0.25) is 0 Å². The largest absolute Gasteiger partial charge is 0.228 e. The molecule has 0 atom stereocenters. The molecule has 1 aromatic heterocycles. The molecule has 0 aliphatic heterocycles. The van der Waals surface area contributed by atoms with E-state index in [1.54, 1.807) is 0 Å². The van der Waals surface area contributed by atoms with Crippen molar-refractivity contribution in [1.29, 1.82) is 0 Å². The molecule has 0 radical (unpaired) electrons. The highest BCUT2D eigenvalue weighted by Crippen LogP contribution is 2.30. The van der Waals surface area contributed by atoms with E-state index in [9.17, 15) is 0 Å². The number of hydrogen-bond donors (Lipinski definition) is 0. The fourth-order valence-electron chi connectivity index (χ4n) is 2.72. The molecule has 0 bridgehead atoms. The monoisotopic (exact) mass is 316 g/mol. The van der Waals surface area contributed by atoms with Gasteiger partial charge in [0, 0.05) is 17.2 Å². The van der Waals surface area contributed by atoms with Gasteiger partial charge in [-0.2, -0.15) is 0 Å². The molecule has 0 fully saturated rings. The number of fused-ring (bicyclic) bond motifs is 1. The van der Waals surface area contributed by atoms with E-state index >= 15 is 0 Å². The Hall–Kier alpha value is -2.71. The molecule has 0 aliphatic rings. The molecule has 0 amide bonds. The molecule has 0 unspecified atom stereocenters. The van der Waals surface area contributed by atoms with E-state index in [0.717, 1.165) is 22.2 Å². The van der Waals surface area contributed by atoms with Crippen molar-refractivity contribution in [2.75, 3.05) is 0 Å². The Balaban J connectivity index is 1.94. The van der Waals surface area contributed by atoms with Crippen LogP contribution in [0, 0.1) is 0 Å². The van der Waals surface area contributed by atoms with E-state index in [2.05, 4.69) is 29.2 Å². The molecule has 110 valence electrons. The average Bonchev–Trinajstić information content (AvgIpc) is 2.61. The summed E-state index contributed by atoms with van der Waals surface area (Å²) in [5, 5.41) is 2.78. The zero-order valence-electron chi connectivity index (χ0n) is 12.3. The lowest BCUT2D eigenvalue weighted by Gasteiger charge is -2.08. The van der Waals surface area contributed by atoms with Gasteiger partial charge in [0.1, 0.15) is 5.15 Å². The average molecular weight is 317 g/mol. The summed E-state index contributed by atoms with van der Waals surface area (Å²) >= 11 is 6.25. The van der Waals surface area contributed by atoms with E-state index in [1.807, 2.05) is 54.6 Å². The molecule has 2 nitrogen and oxygen atoms in total. The van der Waals surface area contributed by atoms with Gasteiger partial charge in [-0.3, -0.25) is 0 Å². The third kappa shape index (κ3) is 2.69. The molecule has 1 heterocycles. The summed E-state index contributed by atoms with van der Waals surface area (Å²) in [5.41, 5.74) is 2.85. The number of aromatic nitrogens is 2. The van der Waals surface area contributed by atoms with Crippen molar-refractivity contribution in [1.82, 2.24) is 9.97 Å². The van der Waals surface area contributed by atoms with Crippen molar-refractivity contribution in [3.05, 3.63) is 84.0 Å². The quantitative estimate of drug-likeness (QED) is 0.449. The van der Waals surface area contributed by atoms with Crippen LogP contribution in [-0.2, 0) is 0 Å². The second kappa shape index (κ2) is 5.82. The highest BCUT2D eigenvalue weighted by Gasteiger charge is 2.10. The fourth-order valence-corrected chi connectivity index (χ4v) is 2.90. The standard InChI is InChI=1S/C20H13ClN2/c21-19-13-18(22-20(23-19)15-8-2-1-3-9-15)17-12-6-10-14-7-4-5-11-16(14)17/h1-13H. The van der Waals surface area contributed by atoms with Crippen LogP contribution >= 0.6 is 11.6 Å². The topological polar surface area (TPSA) is 25.8 Å². The molecule has 4 rings (SSSR count). The van der Waals surface area contributed by atoms with Crippen molar-refractivity contribution in [3.63, 3.8) is 0 Å². The molecular weight excluding hydrogens is 304 g/mol. The van der Waals surface area contributed by atoms with Crippen molar-refractivity contribution in [2.45, 2.75) is 0 Å². The number of halogens is 1. The van der Waals surface area contributed by atoms with Crippen LogP contribution in [0.1, 0.15) is 0 Å². The lowest BCUT2D eigenvalue weighted by molar-refractivity contribution is 1.18. The molecule has 3 aromatic carbocycles. The Labute approximate surface area is 139 Å². The smallest absolute Gasteiger partial charge is 0.161 e. The van der Waals surface area contributed by atoms with Gasteiger partial charge >= 0.3 is 0 Å². The molecule has 0 saturated carbocycles. The maximum atomic E-state index is 6.25. The van der Waals surface area contributed by atoms with Crippen molar-refractivity contribution in [2.24, 2.45) is 0 Å². The second-order valence-corrected chi connectivity index (χ2v) is 5.68. The molecule has 0 aliphatic carbocycles. The lowest BCUT2D eigenvalue weighted by Crippen LogP contribution is -1.93. The Morgan fingerprint density at radius 2 is 1.43 bits per heavy atom. The number of rotatable bonds is 2. The van der Waals surface area contributed by atoms with Gasteiger partial charge in [-0.25, -0.2) is 9.97 Å². The SMILES string of the molecule is Clc1cc(-c2cccc3ccccc23)nc(-c2ccccc2)n1. The number of nitrogens with zero attached hydrogens (tertiary/aromatic N) is 2. The molecule has 23 heavy (non-hydrogen) atoms. The van der Waals surface area contributed by atoms with Gasteiger partial charge < -0.3 is 0 Å². The molecule has 4 aromatic rings. The first-order chi connectivity index (χ1) is 11.3. The van der Waals surface area contributed by atoms with Crippen molar-refractivity contribution < 1.29 is 0 Å². The van der Waals surface area contributed by atoms with Gasteiger partial charge in [-0.05, 0) is 10.8 Å². The first kappa shape index (κ1) is 13.9. The van der Waals surface area contributed by atoms with E-state index < -0.39 is 0 Å². The zero-order valence-corrected chi connectivity index (χ0v) is 13.0. The summed E-state index contributed by atoms with van der Waals surface area (Å²) in [4.78, 5) is 9.09. The lowest BCUT2D eigenvalue weighted by atomic mass is 10.0. The fraction of sp³-hybridized carbons (Fsp3) is 0. The molecular formula is C20H13ClN2. The summed E-state index contributed by atoms with van der Waals surface area (Å²) in [6.07, 6.45) is 0. The van der Waals surface area contributed by atoms with E-state index in [0.29, 0.717) is 11.0 Å². The molecule has 3 heteroatoms. The summed E-state index contributed by atoms with van der Waals surface area (Å²) in [7, 11) is 0. The predicted octanol–water partition coefficient (Wildman–Crippen LogP) is 5.62. The molecule has 0 N–H and O–H groups in total. The summed E-state index contributed by atoms with van der Waals surface area (Å²) in [5.74, 6) is 0.640. The second-order valence-electron chi connectivity index (χ2n) is 5.29. The van der Waals surface area contributed by atoms with Crippen molar-refractivity contribution >= 4 is 22.4 Å². The van der Waals surface area contributed by atoms with Crippen LogP contribution < -0.4 is 0 Å². The van der Waals surface area contributed by atoms with Crippen LogP contribution in [0.2, 0.25) is 5.15 Å². The molecule has 0 saturated heterocycles. The summed E-state index contributed by atoms with van der Waals surface area (Å²) in [6.45, 7) is 0. The first-order valence-corrected chi connectivity index (χ1v) is 7.77. The van der Waals surface area contributed by atoms with Gasteiger partial charge in [0.25, 0.3) is 0 Å². The Bertz CT molecular complexity index is 976. The van der Waals surface area contributed by atoms with Crippen LogP contribution in [-0.4, -0.2) is 9.97 Å². The number of hydrogen-bond acceptors (Lipinski definition) is 2. The van der Waals surface area contributed by atoms with Crippen molar-refractivity contribution in [3.8, 4) is 22.6 Å². The summed E-state index contributed by atoms with van der Waals surface area (Å²) < 4.78 is 0. The zero-order chi connectivity index (χ0) is 15.6. The van der Waals surface area contributed by atoms with Gasteiger partial charge in [0.05, 0.1) is 5.69 Å². The van der Waals surface area contributed by atoms with Gasteiger partial charge in [-0.1, -0.05) is 84.4 Å². The minimum atomic E-state index is 0.446. The Morgan fingerprint density at radius 3 is 2.30 bits per heavy atom. The third-order valence-corrected chi connectivity index (χ3v) is 3.99.